The molecule has 1 heterocycles. The predicted octanol–water partition coefficient (Wildman–Crippen LogP) is -0.251. The quantitative estimate of drug-likeness (QED) is 0.595. The lowest BCUT2D eigenvalue weighted by Crippen LogP contribution is -2.41. The zero-order chi connectivity index (χ0) is 9.73. The van der Waals surface area contributed by atoms with Crippen LogP contribution < -0.4 is 10.6 Å². The molecule has 0 spiro atoms. The Hall–Kier alpha value is -0.610. The van der Waals surface area contributed by atoms with E-state index in [0.717, 1.165) is 19.5 Å². The SMILES string of the molecule is COCCNC(=O)C1(C)CCNC1. The first kappa shape index (κ1) is 10.5. The number of methoxy groups -OCH3 is 1. The largest absolute Gasteiger partial charge is 0.383 e. The topological polar surface area (TPSA) is 50.4 Å². The van der Waals surface area contributed by atoms with E-state index in [1.165, 1.54) is 0 Å². The van der Waals surface area contributed by atoms with Crippen LogP contribution in [0.4, 0.5) is 0 Å². The average Bonchev–Trinajstić information content (AvgIpc) is 2.54. The molecule has 0 aromatic carbocycles. The smallest absolute Gasteiger partial charge is 0.227 e. The lowest BCUT2D eigenvalue weighted by atomic mass is 9.89. The van der Waals surface area contributed by atoms with Gasteiger partial charge in [0.2, 0.25) is 5.91 Å². The van der Waals surface area contributed by atoms with E-state index >= 15 is 0 Å². The highest BCUT2D eigenvalue weighted by Crippen LogP contribution is 2.24. The van der Waals surface area contributed by atoms with Gasteiger partial charge in [-0.1, -0.05) is 0 Å². The first-order chi connectivity index (χ1) is 6.19. The standard InChI is InChI=1S/C9H18N2O2/c1-9(3-4-10-7-9)8(12)11-5-6-13-2/h10H,3-7H2,1-2H3,(H,11,12). The number of ether oxygens (including phenoxy) is 1. The van der Waals surface area contributed by atoms with Crippen molar-refractivity contribution in [2.75, 3.05) is 33.4 Å². The third-order valence-electron chi connectivity index (χ3n) is 2.51. The van der Waals surface area contributed by atoms with Crippen molar-refractivity contribution in [3.05, 3.63) is 0 Å². The Balaban J connectivity index is 2.29. The number of carbonyl (C=O) groups is 1. The molecular formula is C9H18N2O2. The molecule has 1 aliphatic rings. The number of amides is 1. The number of carbonyl (C=O) groups excluding carboxylic acids is 1. The monoisotopic (exact) mass is 186 g/mol. The molecule has 1 amide bonds. The molecule has 0 saturated carbocycles. The number of rotatable bonds is 4. The fourth-order valence-electron chi connectivity index (χ4n) is 1.49. The third kappa shape index (κ3) is 2.67. The van der Waals surface area contributed by atoms with Gasteiger partial charge in [0.25, 0.3) is 0 Å². The van der Waals surface area contributed by atoms with Crippen LogP contribution in [-0.2, 0) is 9.53 Å². The van der Waals surface area contributed by atoms with Crippen LogP contribution in [-0.4, -0.2) is 39.3 Å². The van der Waals surface area contributed by atoms with Crippen molar-refractivity contribution in [2.45, 2.75) is 13.3 Å². The molecule has 76 valence electrons. The number of hydrogen-bond acceptors (Lipinski definition) is 3. The number of nitrogens with one attached hydrogen (secondary N) is 2. The Labute approximate surface area is 79.0 Å². The van der Waals surface area contributed by atoms with Crippen LogP contribution in [0.2, 0.25) is 0 Å². The van der Waals surface area contributed by atoms with Gasteiger partial charge in [0, 0.05) is 20.2 Å². The highest BCUT2D eigenvalue weighted by Gasteiger charge is 2.35. The number of hydrogen-bond donors (Lipinski definition) is 2. The molecule has 1 saturated heterocycles. The van der Waals surface area contributed by atoms with Gasteiger partial charge < -0.3 is 15.4 Å². The van der Waals surface area contributed by atoms with Gasteiger partial charge in [0.05, 0.1) is 12.0 Å². The van der Waals surface area contributed by atoms with E-state index in [9.17, 15) is 4.79 Å². The van der Waals surface area contributed by atoms with Crippen LogP contribution in [0, 0.1) is 5.41 Å². The summed E-state index contributed by atoms with van der Waals surface area (Å²) in [7, 11) is 1.63. The maximum absolute atomic E-state index is 11.6. The van der Waals surface area contributed by atoms with Gasteiger partial charge in [-0.3, -0.25) is 4.79 Å². The van der Waals surface area contributed by atoms with Crippen molar-refractivity contribution >= 4 is 5.91 Å². The van der Waals surface area contributed by atoms with Gasteiger partial charge in [0.1, 0.15) is 0 Å². The molecule has 0 bridgehead atoms. The molecule has 1 aliphatic heterocycles. The van der Waals surface area contributed by atoms with Gasteiger partial charge in [-0.15, -0.1) is 0 Å². The van der Waals surface area contributed by atoms with E-state index in [-0.39, 0.29) is 11.3 Å². The lowest BCUT2D eigenvalue weighted by Gasteiger charge is -2.21. The fourth-order valence-corrected chi connectivity index (χ4v) is 1.49. The molecule has 0 aromatic rings. The van der Waals surface area contributed by atoms with Crippen LogP contribution in [0.15, 0.2) is 0 Å². The van der Waals surface area contributed by atoms with E-state index < -0.39 is 0 Å². The fraction of sp³-hybridized carbons (Fsp3) is 0.889. The summed E-state index contributed by atoms with van der Waals surface area (Å²) in [5.74, 6) is 0.134. The van der Waals surface area contributed by atoms with Gasteiger partial charge >= 0.3 is 0 Å². The Morgan fingerprint density at radius 1 is 1.69 bits per heavy atom. The van der Waals surface area contributed by atoms with Crippen molar-refractivity contribution in [3.63, 3.8) is 0 Å². The highest BCUT2D eigenvalue weighted by molar-refractivity contribution is 5.82. The highest BCUT2D eigenvalue weighted by atomic mass is 16.5. The van der Waals surface area contributed by atoms with E-state index in [0.29, 0.717) is 13.2 Å². The first-order valence-electron chi connectivity index (χ1n) is 4.67. The maximum atomic E-state index is 11.6. The van der Waals surface area contributed by atoms with E-state index in [1.54, 1.807) is 7.11 Å². The van der Waals surface area contributed by atoms with Crippen LogP contribution in [0.5, 0.6) is 0 Å². The van der Waals surface area contributed by atoms with Crippen molar-refractivity contribution < 1.29 is 9.53 Å². The minimum Gasteiger partial charge on any atom is -0.383 e. The molecule has 1 fully saturated rings. The minimum atomic E-state index is -0.215. The predicted molar refractivity (Wildman–Crippen MR) is 50.5 cm³/mol. The van der Waals surface area contributed by atoms with Gasteiger partial charge in [-0.05, 0) is 19.9 Å². The molecule has 0 aliphatic carbocycles. The summed E-state index contributed by atoms with van der Waals surface area (Å²) in [4.78, 5) is 11.6. The van der Waals surface area contributed by atoms with E-state index in [2.05, 4.69) is 10.6 Å². The molecule has 13 heavy (non-hydrogen) atoms. The van der Waals surface area contributed by atoms with E-state index in [4.69, 9.17) is 4.74 Å². The second kappa shape index (κ2) is 4.58. The summed E-state index contributed by atoms with van der Waals surface area (Å²) in [6.07, 6.45) is 0.922. The Kier molecular flexibility index (Phi) is 3.69. The summed E-state index contributed by atoms with van der Waals surface area (Å²) in [6, 6.07) is 0. The Bertz CT molecular complexity index is 176. The summed E-state index contributed by atoms with van der Waals surface area (Å²) in [5, 5.41) is 6.05. The second-order valence-corrected chi connectivity index (χ2v) is 3.74. The van der Waals surface area contributed by atoms with Crippen LogP contribution in [0.1, 0.15) is 13.3 Å². The molecule has 0 radical (unpaired) electrons. The van der Waals surface area contributed by atoms with Crippen molar-refractivity contribution in [1.29, 1.82) is 0 Å². The Morgan fingerprint density at radius 3 is 3.00 bits per heavy atom. The van der Waals surface area contributed by atoms with Crippen LogP contribution in [0.3, 0.4) is 0 Å². The van der Waals surface area contributed by atoms with Gasteiger partial charge in [-0.2, -0.15) is 0 Å². The van der Waals surface area contributed by atoms with Crippen molar-refractivity contribution in [3.8, 4) is 0 Å². The maximum Gasteiger partial charge on any atom is 0.227 e. The normalized spacial score (nSPS) is 27.5. The molecule has 0 aromatic heterocycles. The molecule has 4 heteroatoms. The molecule has 2 N–H and O–H groups in total. The summed E-state index contributed by atoms with van der Waals surface area (Å²) in [6.45, 7) is 4.90. The first-order valence-corrected chi connectivity index (χ1v) is 4.67. The second-order valence-electron chi connectivity index (χ2n) is 3.74. The van der Waals surface area contributed by atoms with Gasteiger partial charge in [0.15, 0.2) is 0 Å². The third-order valence-corrected chi connectivity index (χ3v) is 2.51. The zero-order valence-corrected chi connectivity index (χ0v) is 8.35. The molecular weight excluding hydrogens is 168 g/mol. The summed E-state index contributed by atoms with van der Waals surface area (Å²) in [5.41, 5.74) is -0.215. The molecule has 4 nitrogen and oxygen atoms in total. The van der Waals surface area contributed by atoms with Gasteiger partial charge in [-0.25, -0.2) is 0 Å². The van der Waals surface area contributed by atoms with Crippen molar-refractivity contribution in [2.24, 2.45) is 5.41 Å². The van der Waals surface area contributed by atoms with Crippen molar-refractivity contribution in [1.82, 2.24) is 10.6 Å². The zero-order valence-electron chi connectivity index (χ0n) is 8.35. The molecule has 1 unspecified atom stereocenters. The summed E-state index contributed by atoms with van der Waals surface area (Å²) >= 11 is 0. The minimum absolute atomic E-state index is 0.134. The molecule has 1 atom stereocenters. The lowest BCUT2D eigenvalue weighted by molar-refractivity contribution is -0.129. The average molecular weight is 186 g/mol. The Morgan fingerprint density at radius 2 is 2.46 bits per heavy atom. The summed E-state index contributed by atoms with van der Waals surface area (Å²) < 4.78 is 4.86. The molecule has 1 rings (SSSR count). The van der Waals surface area contributed by atoms with E-state index in [1.807, 2.05) is 6.92 Å². The van der Waals surface area contributed by atoms with Crippen LogP contribution in [0.25, 0.3) is 0 Å². The van der Waals surface area contributed by atoms with Crippen LogP contribution >= 0.6 is 0 Å².